The summed E-state index contributed by atoms with van der Waals surface area (Å²) in [5, 5.41) is 4.76. The van der Waals surface area contributed by atoms with Gasteiger partial charge in [-0.3, -0.25) is 0 Å². The molecule has 0 saturated carbocycles. The molecule has 3 aromatic heterocycles. The van der Waals surface area contributed by atoms with Crippen molar-refractivity contribution in [2.24, 2.45) is 0 Å². The van der Waals surface area contributed by atoms with Crippen LogP contribution in [0.5, 0.6) is 0 Å². The van der Waals surface area contributed by atoms with Crippen molar-refractivity contribution in [2.75, 3.05) is 0 Å². The maximum absolute atomic E-state index is 4.76. The lowest BCUT2D eigenvalue weighted by atomic mass is 9.99. The van der Waals surface area contributed by atoms with Gasteiger partial charge in [-0.25, -0.2) is 9.97 Å². The number of benzene rings is 1. The van der Waals surface area contributed by atoms with Crippen molar-refractivity contribution in [2.45, 2.75) is 32.6 Å². The second-order valence-corrected chi connectivity index (χ2v) is 7.28. The standard InChI is InChI=1S/C18H16N4S/c1-11-6-8-12(9-7-11)17-20-15-10-19-16-13-4-2-3-5-14(13)23-18(16)22(15)21-17/h6-10H,2-5H2,1H3. The molecule has 3 heterocycles. The summed E-state index contributed by atoms with van der Waals surface area (Å²) in [6.45, 7) is 2.09. The molecule has 0 unspecified atom stereocenters. The predicted octanol–water partition coefficient (Wildman–Crippen LogP) is 4.19. The lowest BCUT2D eigenvalue weighted by molar-refractivity contribution is 0.699. The van der Waals surface area contributed by atoms with E-state index in [0.717, 1.165) is 33.8 Å². The van der Waals surface area contributed by atoms with Crippen molar-refractivity contribution < 1.29 is 0 Å². The van der Waals surface area contributed by atoms with Gasteiger partial charge in [-0.05, 0) is 38.2 Å². The van der Waals surface area contributed by atoms with Gasteiger partial charge in [-0.2, -0.15) is 4.52 Å². The highest BCUT2D eigenvalue weighted by atomic mass is 32.1. The molecule has 4 nitrogen and oxygen atoms in total. The van der Waals surface area contributed by atoms with E-state index in [0.29, 0.717) is 0 Å². The Morgan fingerprint density at radius 2 is 1.91 bits per heavy atom. The number of hydrogen-bond acceptors (Lipinski definition) is 4. The molecule has 0 bridgehead atoms. The number of aryl methyl sites for hydroxylation is 3. The van der Waals surface area contributed by atoms with Gasteiger partial charge < -0.3 is 0 Å². The minimum absolute atomic E-state index is 0.769. The second-order valence-electron chi connectivity index (χ2n) is 6.19. The van der Waals surface area contributed by atoms with Crippen molar-refractivity contribution in [3.8, 4) is 11.4 Å². The summed E-state index contributed by atoms with van der Waals surface area (Å²) in [5.41, 5.74) is 5.68. The molecule has 0 radical (unpaired) electrons. The Hall–Kier alpha value is -2.27. The van der Waals surface area contributed by atoms with Crippen LogP contribution in [0.2, 0.25) is 0 Å². The van der Waals surface area contributed by atoms with Crippen LogP contribution in [-0.2, 0) is 12.8 Å². The molecule has 0 saturated heterocycles. The summed E-state index contributed by atoms with van der Waals surface area (Å²) in [4.78, 5) is 12.0. The van der Waals surface area contributed by atoms with Crippen LogP contribution < -0.4 is 0 Å². The van der Waals surface area contributed by atoms with E-state index in [9.17, 15) is 0 Å². The summed E-state index contributed by atoms with van der Waals surface area (Å²) < 4.78 is 1.97. The zero-order valence-corrected chi connectivity index (χ0v) is 13.7. The zero-order valence-electron chi connectivity index (χ0n) is 12.9. The molecule has 114 valence electrons. The lowest BCUT2D eigenvalue weighted by Gasteiger charge is -2.09. The Morgan fingerprint density at radius 3 is 2.78 bits per heavy atom. The first-order valence-electron chi connectivity index (χ1n) is 8.03. The normalized spacial score (nSPS) is 14.5. The molecular weight excluding hydrogens is 304 g/mol. The second kappa shape index (κ2) is 4.86. The third-order valence-electron chi connectivity index (χ3n) is 4.57. The van der Waals surface area contributed by atoms with Crippen LogP contribution in [-0.4, -0.2) is 19.6 Å². The van der Waals surface area contributed by atoms with Crippen molar-refractivity contribution in [3.63, 3.8) is 0 Å². The molecule has 5 rings (SSSR count). The van der Waals surface area contributed by atoms with E-state index in [4.69, 9.17) is 10.1 Å². The Labute approximate surface area is 137 Å². The van der Waals surface area contributed by atoms with E-state index in [1.807, 2.05) is 22.0 Å². The van der Waals surface area contributed by atoms with Gasteiger partial charge in [0.05, 0.1) is 6.20 Å². The maximum Gasteiger partial charge on any atom is 0.182 e. The summed E-state index contributed by atoms with van der Waals surface area (Å²) >= 11 is 1.84. The van der Waals surface area contributed by atoms with Gasteiger partial charge in [0.2, 0.25) is 0 Å². The molecule has 1 aliphatic carbocycles. The number of nitrogens with zero attached hydrogens (tertiary/aromatic N) is 4. The average molecular weight is 320 g/mol. The molecule has 0 spiro atoms. The van der Waals surface area contributed by atoms with Crippen molar-refractivity contribution in [1.82, 2.24) is 19.6 Å². The number of thiophene rings is 1. The van der Waals surface area contributed by atoms with Gasteiger partial charge >= 0.3 is 0 Å². The van der Waals surface area contributed by atoms with Crippen LogP contribution >= 0.6 is 11.3 Å². The van der Waals surface area contributed by atoms with E-state index >= 15 is 0 Å². The number of hydrogen-bond donors (Lipinski definition) is 0. The van der Waals surface area contributed by atoms with Crippen molar-refractivity contribution >= 4 is 27.3 Å². The molecule has 0 aliphatic heterocycles. The van der Waals surface area contributed by atoms with Crippen LogP contribution in [0, 0.1) is 6.92 Å². The SMILES string of the molecule is Cc1ccc(-c2nc3cnc4c5c(sc4n3n2)CCCC5)cc1. The average Bonchev–Trinajstić information content (AvgIpc) is 3.16. The van der Waals surface area contributed by atoms with Gasteiger partial charge in [-0.1, -0.05) is 29.8 Å². The Morgan fingerprint density at radius 1 is 1.09 bits per heavy atom. The summed E-state index contributed by atoms with van der Waals surface area (Å²) in [5.74, 6) is 0.769. The van der Waals surface area contributed by atoms with E-state index < -0.39 is 0 Å². The fraction of sp³-hybridized carbons (Fsp3) is 0.278. The van der Waals surface area contributed by atoms with E-state index in [-0.39, 0.29) is 0 Å². The number of rotatable bonds is 1. The molecule has 0 amide bonds. The Balaban J connectivity index is 1.74. The van der Waals surface area contributed by atoms with Gasteiger partial charge in [0, 0.05) is 10.4 Å². The maximum atomic E-state index is 4.76. The quantitative estimate of drug-likeness (QED) is 0.528. The van der Waals surface area contributed by atoms with Crippen LogP contribution in [0.3, 0.4) is 0 Å². The van der Waals surface area contributed by atoms with Crippen molar-refractivity contribution in [3.05, 3.63) is 46.5 Å². The molecule has 4 aromatic rings. The zero-order chi connectivity index (χ0) is 15.4. The first kappa shape index (κ1) is 13.2. The van der Waals surface area contributed by atoms with Crippen LogP contribution in [0.15, 0.2) is 30.5 Å². The third kappa shape index (κ3) is 2.00. The number of aromatic nitrogens is 4. The van der Waals surface area contributed by atoms with Gasteiger partial charge in [-0.15, -0.1) is 16.4 Å². The summed E-state index contributed by atoms with van der Waals surface area (Å²) in [6, 6.07) is 8.35. The molecular formula is C18H16N4S. The van der Waals surface area contributed by atoms with Gasteiger partial charge in [0.15, 0.2) is 11.5 Å². The molecule has 1 aromatic carbocycles. The first-order chi connectivity index (χ1) is 11.3. The highest BCUT2D eigenvalue weighted by molar-refractivity contribution is 7.18. The Kier molecular flexibility index (Phi) is 2.79. The van der Waals surface area contributed by atoms with E-state index in [1.165, 1.54) is 35.3 Å². The molecule has 1 aliphatic rings. The molecule has 0 atom stereocenters. The minimum atomic E-state index is 0.769. The highest BCUT2D eigenvalue weighted by Crippen LogP contribution is 2.35. The summed E-state index contributed by atoms with van der Waals surface area (Å²) in [6.07, 6.45) is 6.73. The monoisotopic (exact) mass is 320 g/mol. The summed E-state index contributed by atoms with van der Waals surface area (Å²) in [7, 11) is 0. The highest BCUT2D eigenvalue weighted by Gasteiger charge is 2.20. The smallest absolute Gasteiger partial charge is 0.182 e. The van der Waals surface area contributed by atoms with E-state index in [2.05, 4.69) is 36.2 Å². The minimum Gasteiger partial charge on any atom is -0.249 e. The number of fused-ring (bicyclic) bond motifs is 5. The van der Waals surface area contributed by atoms with Crippen LogP contribution in [0.1, 0.15) is 28.8 Å². The predicted molar refractivity (Wildman–Crippen MR) is 93.0 cm³/mol. The molecule has 23 heavy (non-hydrogen) atoms. The molecule has 0 fully saturated rings. The van der Waals surface area contributed by atoms with Crippen molar-refractivity contribution in [1.29, 1.82) is 0 Å². The van der Waals surface area contributed by atoms with E-state index in [1.54, 1.807) is 0 Å². The van der Waals surface area contributed by atoms with Gasteiger partial charge in [0.25, 0.3) is 0 Å². The molecule has 0 N–H and O–H groups in total. The lowest BCUT2D eigenvalue weighted by Crippen LogP contribution is -1.98. The van der Waals surface area contributed by atoms with Crippen LogP contribution in [0.4, 0.5) is 0 Å². The van der Waals surface area contributed by atoms with Crippen LogP contribution in [0.25, 0.3) is 27.4 Å². The molecule has 5 heteroatoms. The van der Waals surface area contributed by atoms with Gasteiger partial charge in [0.1, 0.15) is 10.3 Å². The fourth-order valence-electron chi connectivity index (χ4n) is 3.32. The topological polar surface area (TPSA) is 43.1 Å². The first-order valence-corrected chi connectivity index (χ1v) is 8.84. The largest absolute Gasteiger partial charge is 0.249 e. The Bertz CT molecular complexity index is 1030. The third-order valence-corrected chi connectivity index (χ3v) is 5.83. The fourth-order valence-corrected chi connectivity index (χ4v) is 4.61.